The van der Waals surface area contributed by atoms with Crippen LogP contribution in [0.2, 0.25) is 0 Å². The fraction of sp³-hybridized carbons (Fsp3) is 0.278. The molecule has 0 spiro atoms. The van der Waals surface area contributed by atoms with Gasteiger partial charge in [0.25, 0.3) is 0 Å². The van der Waals surface area contributed by atoms with E-state index in [4.69, 9.17) is 4.74 Å². The van der Waals surface area contributed by atoms with Crippen molar-refractivity contribution in [2.75, 3.05) is 24.6 Å². The van der Waals surface area contributed by atoms with Crippen molar-refractivity contribution in [2.24, 2.45) is 0 Å². The Kier molecular flexibility index (Phi) is 5.53. The van der Waals surface area contributed by atoms with Crippen LogP contribution in [0.4, 0.5) is 10.1 Å². The lowest BCUT2D eigenvalue weighted by molar-refractivity contribution is -0.117. The topological polar surface area (TPSA) is 75.7 Å². The van der Waals surface area contributed by atoms with Gasteiger partial charge >= 0.3 is 0 Å². The molecule has 0 bridgehead atoms. The number of carbonyl (C=O) groups is 1. The first-order valence-electron chi connectivity index (χ1n) is 8.24. The maximum absolute atomic E-state index is 12.8. The Morgan fingerprint density at radius 3 is 2.38 bits per heavy atom. The third-order valence-electron chi connectivity index (χ3n) is 4.01. The summed E-state index contributed by atoms with van der Waals surface area (Å²) in [6.45, 7) is 0.848. The van der Waals surface area contributed by atoms with Crippen molar-refractivity contribution in [3.63, 3.8) is 0 Å². The molecule has 1 amide bonds. The van der Waals surface area contributed by atoms with Crippen LogP contribution in [0.3, 0.4) is 0 Å². The molecule has 0 atom stereocenters. The van der Waals surface area contributed by atoms with Crippen LogP contribution in [0.1, 0.15) is 12.8 Å². The average Bonchev–Trinajstić information content (AvgIpc) is 3.06. The molecule has 3 rings (SSSR count). The summed E-state index contributed by atoms with van der Waals surface area (Å²) in [6, 6.07) is 11.7. The van der Waals surface area contributed by atoms with E-state index in [1.807, 2.05) is 0 Å². The summed E-state index contributed by atoms with van der Waals surface area (Å²) in [7, 11) is -3.67. The number of hydrogen-bond donors (Lipinski definition) is 1. The number of carbonyl (C=O) groups excluding carboxylic acids is 1. The maximum Gasteiger partial charge on any atom is 0.240 e. The third-order valence-corrected chi connectivity index (χ3v) is 5.49. The minimum Gasteiger partial charge on any atom is -0.492 e. The standard InChI is InChI=1S/C18H19FN2O4S/c19-14-3-7-16(8-4-14)25-13-11-20-26(23,24)17-9-5-15(6-10-17)21-12-1-2-18(21)22/h3-10,20H,1-2,11-13H2. The Bertz CT molecular complexity index is 867. The lowest BCUT2D eigenvalue weighted by Gasteiger charge is -2.16. The highest BCUT2D eigenvalue weighted by Crippen LogP contribution is 2.22. The van der Waals surface area contributed by atoms with Gasteiger partial charge in [-0.1, -0.05) is 0 Å². The molecule has 138 valence electrons. The van der Waals surface area contributed by atoms with Gasteiger partial charge in [0.15, 0.2) is 0 Å². The summed E-state index contributed by atoms with van der Waals surface area (Å²) in [4.78, 5) is 13.5. The number of benzene rings is 2. The van der Waals surface area contributed by atoms with Crippen LogP contribution in [-0.2, 0) is 14.8 Å². The number of amides is 1. The van der Waals surface area contributed by atoms with E-state index in [1.165, 1.54) is 36.4 Å². The predicted molar refractivity (Wildman–Crippen MR) is 95.1 cm³/mol. The molecule has 1 saturated heterocycles. The molecule has 2 aromatic rings. The molecule has 6 nitrogen and oxygen atoms in total. The number of anilines is 1. The zero-order valence-corrected chi connectivity index (χ0v) is 14.8. The van der Waals surface area contributed by atoms with Crippen molar-refractivity contribution in [1.82, 2.24) is 4.72 Å². The van der Waals surface area contributed by atoms with Gasteiger partial charge in [-0.2, -0.15) is 0 Å². The Labute approximate surface area is 151 Å². The molecule has 26 heavy (non-hydrogen) atoms. The zero-order chi connectivity index (χ0) is 18.6. The lowest BCUT2D eigenvalue weighted by atomic mass is 10.3. The second-order valence-electron chi connectivity index (χ2n) is 5.84. The minimum absolute atomic E-state index is 0.0525. The highest BCUT2D eigenvalue weighted by atomic mass is 32.2. The van der Waals surface area contributed by atoms with Crippen molar-refractivity contribution in [3.8, 4) is 5.75 Å². The Morgan fingerprint density at radius 1 is 1.08 bits per heavy atom. The van der Waals surface area contributed by atoms with E-state index >= 15 is 0 Å². The quantitative estimate of drug-likeness (QED) is 0.750. The molecule has 0 aromatic heterocycles. The van der Waals surface area contributed by atoms with Gasteiger partial charge in [0.05, 0.1) is 4.90 Å². The summed E-state index contributed by atoms with van der Waals surface area (Å²) in [6.07, 6.45) is 1.34. The molecule has 0 unspecified atom stereocenters. The molecule has 2 aromatic carbocycles. The monoisotopic (exact) mass is 378 g/mol. The molecular weight excluding hydrogens is 359 g/mol. The van der Waals surface area contributed by atoms with Gasteiger partial charge < -0.3 is 9.64 Å². The van der Waals surface area contributed by atoms with E-state index in [9.17, 15) is 17.6 Å². The lowest BCUT2D eigenvalue weighted by Crippen LogP contribution is -2.28. The number of sulfonamides is 1. The van der Waals surface area contributed by atoms with Crippen LogP contribution in [0, 0.1) is 5.82 Å². The third kappa shape index (κ3) is 4.39. The van der Waals surface area contributed by atoms with Crippen LogP contribution in [0.25, 0.3) is 0 Å². The molecule has 1 fully saturated rings. The first-order chi connectivity index (χ1) is 12.5. The fourth-order valence-corrected chi connectivity index (χ4v) is 3.70. The number of hydrogen-bond acceptors (Lipinski definition) is 4. The molecule has 8 heteroatoms. The predicted octanol–water partition coefficient (Wildman–Crippen LogP) is 2.31. The maximum atomic E-state index is 12.8. The molecular formula is C18H19FN2O4S. The van der Waals surface area contributed by atoms with Crippen molar-refractivity contribution < 1.29 is 22.3 Å². The van der Waals surface area contributed by atoms with E-state index in [-0.39, 0.29) is 29.8 Å². The van der Waals surface area contributed by atoms with Gasteiger partial charge in [-0.25, -0.2) is 17.5 Å². The van der Waals surface area contributed by atoms with Crippen molar-refractivity contribution in [1.29, 1.82) is 0 Å². The van der Waals surface area contributed by atoms with Gasteiger partial charge in [-0.3, -0.25) is 4.79 Å². The Balaban J connectivity index is 1.54. The Hall–Kier alpha value is -2.45. The van der Waals surface area contributed by atoms with Gasteiger partial charge in [-0.15, -0.1) is 0 Å². The number of nitrogens with one attached hydrogen (secondary N) is 1. The molecule has 0 radical (unpaired) electrons. The molecule has 0 aliphatic carbocycles. The van der Waals surface area contributed by atoms with Crippen LogP contribution in [-0.4, -0.2) is 34.0 Å². The highest BCUT2D eigenvalue weighted by Gasteiger charge is 2.22. The second kappa shape index (κ2) is 7.84. The van der Waals surface area contributed by atoms with E-state index in [0.717, 1.165) is 6.42 Å². The van der Waals surface area contributed by atoms with Crippen LogP contribution in [0.15, 0.2) is 53.4 Å². The van der Waals surface area contributed by atoms with Gasteiger partial charge in [-0.05, 0) is 55.0 Å². The second-order valence-corrected chi connectivity index (χ2v) is 7.61. The van der Waals surface area contributed by atoms with Gasteiger partial charge in [0, 0.05) is 25.2 Å². The molecule has 1 heterocycles. The van der Waals surface area contributed by atoms with Crippen molar-refractivity contribution in [3.05, 3.63) is 54.3 Å². The number of halogens is 1. The summed E-state index contributed by atoms with van der Waals surface area (Å²) in [5, 5.41) is 0. The van der Waals surface area contributed by atoms with E-state index in [0.29, 0.717) is 24.4 Å². The first kappa shape index (κ1) is 18.3. The van der Waals surface area contributed by atoms with E-state index < -0.39 is 10.0 Å². The molecule has 0 saturated carbocycles. The van der Waals surface area contributed by atoms with Gasteiger partial charge in [0.1, 0.15) is 18.2 Å². The summed E-state index contributed by atoms with van der Waals surface area (Å²) < 4.78 is 45.2. The molecule has 1 N–H and O–H groups in total. The number of rotatable bonds is 7. The summed E-state index contributed by atoms with van der Waals surface area (Å²) in [5.74, 6) is 0.152. The zero-order valence-electron chi connectivity index (χ0n) is 14.0. The Morgan fingerprint density at radius 2 is 1.77 bits per heavy atom. The molecule has 1 aliphatic heterocycles. The first-order valence-corrected chi connectivity index (χ1v) is 9.72. The SMILES string of the molecule is O=C1CCCN1c1ccc(S(=O)(=O)NCCOc2ccc(F)cc2)cc1. The van der Waals surface area contributed by atoms with Crippen molar-refractivity contribution in [2.45, 2.75) is 17.7 Å². The highest BCUT2D eigenvalue weighted by molar-refractivity contribution is 7.89. The minimum atomic E-state index is -3.67. The van der Waals surface area contributed by atoms with Gasteiger partial charge in [0.2, 0.25) is 15.9 Å². The summed E-state index contributed by atoms with van der Waals surface area (Å²) >= 11 is 0. The fourth-order valence-electron chi connectivity index (χ4n) is 2.69. The average molecular weight is 378 g/mol. The van der Waals surface area contributed by atoms with E-state index in [1.54, 1.807) is 17.0 Å². The van der Waals surface area contributed by atoms with E-state index in [2.05, 4.69) is 4.72 Å². The molecule has 1 aliphatic rings. The van der Waals surface area contributed by atoms with Crippen LogP contribution >= 0.6 is 0 Å². The van der Waals surface area contributed by atoms with Crippen LogP contribution < -0.4 is 14.4 Å². The normalized spacial score (nSPS) is 14.7. The smallest absolute Gasteiger partial charge is 0.240 e. The van der Waals surface area contributed by atoms with Crippen molar-refractivity contribution >= 4 is 21.6 Å². The number of nitrogens with zero attached hydrogens (tertiary/aromatic N) is 1. The number of ether oxygens (including phenoxy) is 1. The van der Waals surface area contributed by atoms with Crippen LogP contribution in [0.5, 0.6) is 5.75 Å². The largest absolute Gasteiger partial charge is 0.492 e. The summed E-state index contributed by atoms with van der Waals surface area (Å²) in [5.41, 5.74) is 0.700.